The maximum Gasteiger partial charge on any atom is 0.325 e. The molecule has 0 bridgehead atoms. The molecule has 4 aromatic rings. The van der Waals surface area contributed by atoms with E-state index in [0.29, 0.717) is 21.4 Å². The largest absolute Gasteiger partial charge is 0.325 e. The molecule has 28 heavy (non-hydrogen) atoms. The number of H-pyrrole nitrogens is 1. The average Bonchev–Trinajstić information content (AvgIpc) is 3.41. The summed E-state index contributed by atoms with van der Waals surface area (Å²) < 4.78 is 0. The van der Waals surface area contributed by atoms with Crippen LogP contribution >= 0.6 is 11.3 Å². The van der Waals surface area contributed by atoms with E-state index in [4.69, 9.17) is 0 Å². The number of pyridine rings is 1. The number of carbonyl (C=O) groups is 1. The predicted octanol–water partition coefficient (Wildman–Crippen LogP) is 3.51. The first kappa shape index (κ1) is 17.3. The number of carbonyl (C=O) groups excluding carboxylic acids is 1. The molecule has 0 radical (unpaired) electrons. The first-order valence-corrected chi connectivity index (χ1v) is 8.90. The Labute approximate surface area is 163 Å². The molecule has 0 spiro atoms. The van der Waals surface area contributed by atoms with Crippen LogP contribution in [0.15, 0.2) is 55.1 Å². The number of hydrogen-bond acceptors (Lipinski definition) is 7. The number of nitriles is 1. The molecule has 4 rings (SSSR count). The number of benzene rings is 1. The Morgan fingerprint density at radius 2 is 1.96 bits per heavy atom. The highest BCUT2D eigenvalue weighted by Gasteiger charge is 2.12. The molecule has 3 aromatic heterocycles. The van der Waals surface area contributed by atoms with E-state index in [1.54, 1.807) is 43.0 Å². The predicted molar refractivity (Wildman–Crippen MR) is 105 cm³/mol. The van der Waals surface area contributed by atoms with E-state index in [1.165, 1.54) is 11.3 Å². The zero-order valence-corrected chi connectivity index (χ0v) is 15.1. The highest BCUT2D eigenvalue weighted by Crippen LogP contribution is 2.27. The molecule has 0 aliphatic rings. The smallest absolute Gasteiger partial charge is 0.308 e. The molecule has 0 saturated heterocycles. The van der Waals surface area contributed by atoms with Crippen LogP contribution in [0.1, 0.15) is 5.56 Å². The Bertz CT molecular complexity index is 1150. The third-order valence-electron chi connectivity index (χ3n) is 3.78. The van der Waals surface area contributed by atoms with E-state index in [9.17, 15) is 10.1 Å². The van der Waals surface area contributed by atoms with Gasteiger partial charge in [0, 0.05) is 41.0 Å². The molecule has 0 aliphatic heterocycles. The fraction of sp³-hybridized carbons (Fsp3) is 0. The summed E-state index contributed by atoms with van der Waals surface area (Å²) in [7, 11) is 0. The van der Waals surface area contributed by atoms with Crippen LogP contribution in [-0.2, 0) is 0 Å². The van der Waals surface area contributed by atoms with E-state index in [-0.39, 0.29) is 0 Å². The van der Waals surface area contributed by atoms with Gasteiger partial charge in [-0.15, -0.1) is 10.2 Å². The number of nitrogens with zero attached hydrogens (tertiary/aromatic N) is 5. The van der Waals surface area contributed by atoms with Gasteiger partial charge in [-0.3, -0.25) is 15.4 Å². The van der Waals surface area contributed by atoms with Crippen molar-refractivity contribution in [3.05, 3.63) is 60.7 Å². The van der Waals surface area contributed by atoms with Crippen LogP contribution < -0.4 is 10.6 Å². The fourth-order valence-electron chi connectivity index (χ4n) is 2.51. The van der Waals surface area contributed by atoms with Gasteiger partial charge in [-0.1, -0.05) is 17.4 Å². The Morgan fingerprint density at radius 1 is 1.11 bits per heavy atom. The van der Waals surface area contributed by atoms with Gasteiger partial charge in [-0.2, -0.15) is 10.4 Å². The Kier molecular flexibility index (Phi) is 4.73. The number of aromatic amines is 1. The zero-order chi connectivity index (χ0) is 19.3. The summed E-state index contributed by atoms with van der Waals surface area (Å²) in [6.07, 6.45) is 6.66. The standard InChI is InChI=1S/C18H12N8OS/c19-8-12-7-14(1-2-15(12)13-9-21-22-10-13)23-17(27)24-18-26-25-16(28-18)11-3-5-20-6-4-11/h1-7,9-10H,(H,21,22)(H2,23,24,26,27). The number of nitrogens with one attached hydrogen (secondary N) is 3. The number of anilines is 2. The van der Waals surface area contributed by atoms with Crippen molar-refractivity contribution in [3.8, 4) is 27.8 Å². The molecular weight excluding hydrogens is 376 g/mol. The summed E-state index contributed by atoms with van der Waals surface area (Å²) in [5.74, 6) is 0. The van der Waals surface area contributed by atoms with Gasteiger partial charge in [0.1, 0.15) is 5.01 Å². The van der Waals surface area contributed by atoms with Gasteiger partial charge in [-0.25, -0.2) is 4.79 Å². The number of hydrogen-bond donors (Lipinski definition) is 3. The minimum atomic E-state index is -0.475. The van der Waals surface area contributed by atoms with Gasteiger partial charge in [0.15, 0.2) is 0 Å². The highest BCUT2D eigenvalue weighted by atomic mass is 32.1. The topological polar surface area (TPSA) is 132 Å². The Hall–Kier alpha value is -4.10. The van der Waals surface area contributed by atoms with Gasteiger partial charge >= 0.3 is 6.03 Å². The lowest BCUT2D eigenvalue weighted by Gasteiger charge is -2.07. The summed E-state index contributed by atoms with van der Waals surface area (Å²) in [4.78, 5) is 16.2. The third-order valence-corrected chi connectivity index (χ3v) is 4.67. The average molecular weight is 388 g/mol. The van der Waals surface area contributed by atoms with E-state index in [2.05, 4.69) is 42.1 Å². The lowest BCUT2D eigenvalue weighted by atomic mass is 10.0. The molecule has 1 aromatic carbocycles. The van der Waals surface area contributed by atoms with Crippen molar-refractivity contribution in [2.45, 2.75) is 0 Å². The Morgan fingerprint density at radius 3 is 2.71 bits per heavy atom. The van der Waals surface area contributed by atoms with Crippen molar-refractivity contribution in [2.75, 3.05) is 10.6 Å². The fourth-order valence-corrected chi connectivity index (χ4v) is 3.25. The van der Waals surface area contributed by atoms with Gasteiger partial charge < -0.3 is 5.32 Å². The van der Waals surface area contributed by atoms with E-state index in [0.717, 1.165) is 16.7 Å². The van der Waals surface area contributed by atoms with Crippen LogP contribution in [0.2, 0.25) is 0 Å². The maximum absolute atomic E-state index is 12.2. The molecule has 3 N–H and O–H groups in total. The van der Waals surface area contributed by atoms with Crippen molar-refractivity contribution >= 4 is 28.2 Å². The first-order valence-electron chi connectivity index (χ1n) is 8.08. The van der Waals surface area contributed by atoms with Gasteiger partial charge in [0.05, 0.1) is 17.8 Å². The molecule has 136 valence electrons. The van der Waals surface area contributed by atoms with Crippen LogP contribution in [0.4, 0.5) is 15.6 Å². The number of urea groups is 1. The second-order valence-corrected chi connectivity index (χ2v) is 6.56. The molecule has 0 aliphatic carbocycles. The minimum Gasteiger partial charge on any atom is -0.308 e. The van der Waals surface area contributed by atoms with Crippen LogP contribution in [-0.4, -0.2) is 31.4 Å². The lowest BCUT2D eigenvalue weighted by molar-refractivity contribution is 0.262. The van der Waals surface area contributed by atoms with E-state index >= 15 is 0 Å². The molecule has 9 nitrogen and oxygen atoms in total. The summed E-state index contributed by atoms with van der Waals surface area (Å²) in [5, 5.41) is 30.4. The monoisotopic (exact) mass is 388 g/mol. The molecule has 3 heterocycles. The van der Waals surface area contributed by atoms with Crippen molar-refractivity contribution in [1.29, 1.82) is 5.26 Å². The zero-order valence-electron chi connectivity index (χ0n) is 14.2. The van der Waals surface area contributed by atoms with Crippen LogP contribution in [0.5, 0.6) is 0 Å². The summed E-state index contributed by atoms with van der Waals surface area (Å²) >= 11 is 1.25. The van der Waals surface area contributed by atoms with E-state index in [1.807, 2.05) is 12.1 Å². The quantitative estimate of drug-likeness (QED) is 0.490. The normalized spacial score (nSPS) is 10.2. The first-order chi connectivity index (χ1) is 13.7. The molecule has 2 amide bonds. The summed E-state index contributed by atoms with van der Waals surface area (Å²) in [6, 6.07) is 10.4. The molecule has 0 saturated carbocycles. The number of amides is 2. The maximum atomic E-state index is 12.2. The van der Waals surface area contributed by atoms with Gasteiger partial charge in [0.2, 0.25) is 5.13 Å². The van der Waals surface area contributed by atoms with Crippen molar-refractivity contribution in [3.63, 3.8) is 0 Å². The second kappa shape index (κ2) is 7.65. The van der Waals surface area contributed by atoms with Gasteiger partial charge in [-0.05, 0) is 24.3 Å². The van der Waals surface area contributed by atoms with Crippen molar-refractivity contribution < 1.29 is 4.79 Å². The SMILES string of the molecule is N#Cc1cc(NC(=O)Nc2nnc(-c3ccncc3)s2)ccc1-c1cn[nH]c1. The molecule has 10 heteroatoms. The Balaban J connectivity index is 1.46. The third kappa shape index (κ3) is 3.69. The number of rotatable bonds is 4. The second-order valence-electron chi connectivity index (χ2n) is 5.59. The summed E-state index contributed by atoms with van der Waals surface area (Å²) in [5.41, 5.74) is 3.31. The molecule has 0 unspecified atom stereocenters. The van der Waals surface area contributed by atoms with Crippen LogP contribution in [0.25, 0.3) is 21.7 Å². The minimum absolute atomic E-state index is 0.361. The summed E-state index contributed by atoms with van der Waals surface area (Å²) in [6.45, 7) is 0. The van der Waals surface area contributed by atoms with E-state index < -0.39 is 6.03 Å². The lowest BCUT2D eigenvalue weighted by Crippen LogP contribution is -2.19. The number of aromatic nitrogens is 5. The van der Waals surface area contributed by atoms with Crippen LogP contribution in [0, 0.1) is 11.3 Å². The molecular formula is C18H12N8OS. The van der Waals surface area contributed by atoms with Crippen molar-refractivity contribution in [1.82, 2.24) is 25.4 Å². The van der Waals surface area contributed by atoms with Crippen molar-refractivity contribution in [2.24, 2.45) is 0 Å². The van der Waals surface area contributed by atoms with Gasteiger partial charge in [0.25, 0.3) is 0 Å². The molecule has 0 atom stereocenters. The van der Waals surface area contributed by atoms with Crippen LogP contribution in [0.3, 0.4) is 0 Å². The molecule has 0 fully saturated rings. The highest BCUT2D eigenvalue weighted by molar-refractivity contribution is 7.18.